The molecule has 274 valence electrons. The van der Waals surface area contributed by atoms with Crippen molar-refractivity contribution >= 4 is 79.8 Å². The standard InChI is InChI=1S/C41H34Cl2N4O6S/c1-19-25-16-21(42)10-13-31(25)54-36(19)29-18-32(45(3)44-29)47-38(50)27-17-26-23(11-12-24-33(26)39(51)46(37(24)49)22-8-6-5-7-9-22)34(41(27,2)40(47)52)20-14-28(43)35(48)30(15-20)53-4/h5-11,13-16,18,24,26-27,33-34,48H,12,17H2,1-4H3/t24-,26+,27-,33-,34-,41+/m0/s1. The molecule has 9 rings (SSSR count). The van der Waals surface area contributed by atoms with Gasteiger partial charge < -0.3 is 9.84 Å². The molecule has 0 radical (unpaired) electrons. The van der Waals surface area contributed by atoms with Gasteiger partial charge in [-0.05, 0) is 91.6 Å². The second kappa shape index (κ2) is 12.3. The normalized spacial score (nSPS) is 26.3. The van der Waals surface area contributed by atoms with Gasteiger partial charge in [0, 0.05) is 28.8 Å². The van der Waals surface area contributed by atoms with E-state index in [9.17, 15) is 19.5 Å². The Kier molecular flexibility index (Phi) is 7.91. The Balaban J connectivity index is 1.18. The second-order valence-electron chi connectivity index (χ2n) is 14.8. The van der Waals surface area contributed by atoms with Gasteiger partial charge in [0.2, 0.25) is 23.6 Å². The SMILES string of the molecule is COc1cc([C@H]2C3=CC[C@@H]4C(=O)N(c5ccccc5)C(=O)[C@@H]4[C@@H]3C[C@H]3C(=O)N(c4cc(-c5sc6ccc(Cl)cc6c5C)nn4C)C(=O)[C@@]23C)cc(Cl)c1O. The largest absolute Gasteiger partial charge is 0.503 e. The predicted molar refractivity (Wildman–Crippen MR) is 207 cm³/mol. The van der Waals surface area contributed by atoms with Crippen molar-refractivity contribution in [2.75, 3.05) is 16.9 Å². The number of aryl methyl sites for hydroxylation is 2. The van der Waals surface area contributed by atoms with Crippen molar-refractivity contribution in [1.29, 1.82) is 0 Å². The average molecular weight is 782 g/mol. The number of halogens is 2. The third-order valence-electron chi connectivity index (χ3n) is 12.1. The fourth-order valence-corrected chi connectivity index (χ4v) is 11.1. The molecule has 2 aliphatic carbocycles. The lowest BCUT2D eigenvalue weighted by atomic mass is 9.51. The van der Waals surface area contributed by atoms with Crippen molar-refractivity contribution in [2.45, 2.75) is 32.6 Å². The first-order valence-corrected chi connectivity index (χ1v) is 19.2. The van der Waals surface area contributed by atoms with E-state index in [1.165, 1.54) is 16.9 Å². The molecule has 0 spiro atoms. The third kappa shape index (κ3) is 4.74. The molecule has 1 N–H and O–H groups in total. The molecule has 0 bridgehead atoms. The van der Waals surface area contributed by atoms with E-state index in [1.807, 2.05) is 37.3 Å². The van der Waals surface area contributed by atoms with E-state index >= 15 is 4.79 Å². The molecule has 13 heteroatoms. The van der Waals surface area contributed by atoms with Gasteiger partial charge in [-0.1, -0.05) is 53.1 Å². The number of methoxy groups -OCH3 is 1. The number of nitrogens with zero attached hydrogens (tertiary/aromatic N) is 4. The zero-order valence-electron chi connectivity index (χ0n) is 29.7. The van der Waals surface area contributed by atoms with Crippen LogP contribution in [0.4, 0.5) is 11.5 Å². The number of ether oxygens (including phenoxy) is 1. The van der Waals surface area contributed by atoms with E-state index in [1.54, 1.807) is 72.5 Å². The number of carbonyl (C=O) groups excluding carboxylic acids is 4. The zero-order valence-corrected chi connectivity index (χ0v) is 32.0. The Bertz CT molecular complexity index is 2510. The first-order valence-electron chi connectivity index (χ1n) is 17.7. The second-order valence-corrected chi connectivity index (χ2v) is 16.7. The number of aromatic hydroxyl groups is 1. The lowest BCUT2D eigenvalue weighted by Gasteiger charge is -2.49. The summed E-state index contributed by atoms with van der Waals surface area (Å²) in [5.41, 5.74) is 2.12. The zero-order chi connectivity index (χ0) is 38.0. The number of anilines is 2. The van der Waals surface area contributed by atoms with Crippen molar-refractivity contribution in [3.8, 4) is 22.1 Å². The number of hydrogen-bond acceptors (Lipinski definition) is 8. The Morgan fingerprint density at radius 1 is 0.944 bits per heavy atom. The Hall–Kier alpha value is -4.97. The van der Waals surface area contributed by atoms with Crippen LogP contribution in [0.25, 0.3) is 20.7 Å². The maximum atomic E-state index is 15.1. The van der Waals surface area contributed by atoms with Gasteiger partial charge in [-0.15, -0.1) is 11.3 Å². The van der Waals surface area contributed by atoms with Crippen molar-refractivity contribution < 1.29 is 29.0 Å². The Labute approximate surface area is 324 Å². The number of phenols is 1. The van der Waals surface area contributed by atoms with Crippen molar-refractivity contribution in [1.82, 2.24) is 9.78 Å². The molecule has 4 amide bonds. The molecule has 3 fully saturated rings. The lowest BCUT2D eigenvalue weighted by Crippen LogP contribution is -2.49. The van der Waals surface area contributed by atoms with Crippen LogP contribution in [0.15, 0.2) is 78.4 Å². The fraction of sp³-hybridized carbons (Fsp3) is 0.293. The van der Waals surface area contributed by atoms with Crippen LogP contribution in [0.1, 0.15) is 36.8 Å². The first-order chi connectivity index (χ1) is 25.8. The molecule has 4 heterocycles. The fourth-order valence-electron chi connectivity index (χ4n) is 9.58. The number of amides is 4. The Morgan fingerprint density at radius 2 is 1.70 bits per heavy atom. The molecular formula is C41H34Cl2N4O6S. The van der Waals surface area contributed by atoms with Crippen LogP contribution in [0.5, 0.6) is 11.5 Å². The molecule has 3 aromatic carbocycles. The minimum Gasteiger partial charge on any atom is -0.503 e. The lowest BCUT2D eigenvalue weighted by molar-refractivity contribution is -0.131. The molecule has 10 nitrogen and oxygen atoms in total. The summed E-state index contributed by atoms with van der Waals surface area (Å²) in [6.45, 7) is 3.80. The summed E-state index contributed by atoms with van der Waals surface area (Å²) in [5, 5.41) is 17.2. The van der Waals surface area contributed by atoms with E-state index < -0.39 is 46.8 Å². The maximum Gasteiger partial charge on any atom is 0.242 e. The maximum absolute atomic E-state index is 15.1. The van der Waals surface area contributed by atoms with Crippen LogP contribution in [0, 0.1) is 36.0 Å². The molecular weight excluding hydrogens is 747 g/mol. The van der Waals surface area contributed by atoms with Gasteiger partial charge in [0.05, 0.1) is 45.9 Å². The predicted octanol–water partition coefficient (Wildman–Crippen LogP) is 8.07. The molecule has 0 unspecified atom stereocenters. The summed E-state index contributed by atoms with van der Waals surface area (Å²) in [6.07, 6.45) is 2.46. The number of allylic oxidation sites excluding steroid dienone is 2. The minimum atomic E-state index is -1.34. The highest BCUT2D eigenvalue weighted by atomic mass is 35.5. The van der Waals surface area contributed by atoms with Crippen LogP contribution in [-0.4, -0.2) is 45.6 Å². The number of carbonyl (C=O) groups is 4. The minimum absolute atomic E-state index is 0.0215. The van der Waals surface area contributed by atoms with Crippen molar-refractivity contribution in [3.05, 3.63) is 99.6 Å². The summed E-state index contributed by atoms with van der Waals surface area (Å²) >= 11 is 14.5. The van der Waals surface area contributed by atoms with E-state index in [2.05, 4.69) is 0 Å². The van der Waals surface area contributed by atoms with Gasteiger partial charge in [0.1, 0.15) is 11.5 Å². The highest BCUT2D eigenvalue weighted by Gasteiger charge is 2.68. The number of thiophene rings is 1. The topological polar surface area (TPSA) is 122 Å². The van der Waals surface area contributed by atoms with Crippen molar-refractivity contribution in [2.24, 2.45) is 36.1 Å². The first kappa shape index (κ1) is 34.8. The van der Waals surface area contributed by atoms with Crippen LogP contribution in [0.2, 0.25) is 10.0 Å². The number of aromatic nitrogens is 2. The van der Waals surface area contributed by atoms with Gasteiger partial charge in [0.25, 0.3) is 0 Å². The van der Waals surface area contributed by atoms with E-state index in [-0.39, 0.29) is 34.8 Å². The van der Waals surface area contributed by atoms with Crippen molar-refractivity contribution in [3.63, 3.8) is 0 Å². The molecule has 4 aliphatic rings. The van der Waals surface area contributed by atoms with E-state index in [0.717, 1.165) is 26.1 Å². The van der Waals surface area contributed by atoms with Crippen LogP contribution < -0.4 is 14.5 Å². The van der Waals surface area contributed by atoms with Crippen LogP contribution in [0.3, 0.4) is 0 Å². The molecule has 6 atom stereocenters. The van der Waals surface area contributed by atoms with Gasteiger partial charge >= 0.3 is 0 Å². The highest BCUT2D eigenvalue weighted by Crippen LogP contribution is 2.64. The average Bonchev–Trinajstić information content (AvgIpc) is 3.83. The van der Waals surface area contributed by atoms with E-state index in [0.29, 0.717) is 34.2 Å². The number of benzene rings is 3. The smallest absolute Gasteiger partial charge is 0.242 e. The van der Waals surface area contributed by atoms with E-state index in [4.69, 9.17) is 33.0 Å². The number of para-hydroxylation sites is 1. The van der Waals surface area contributed by atoms with Gasteiger partial charge in [-0.25, -0.2) is 4.90 Å². The summed E-state index contributed by atoms with van der Waals surface area (Å²) in [7, 11) is 3.12. The highest BCUT2D eigenvalue weighted by molar-refractivity contribution is 7.22. The summed E-state index contributed by atoms with van der Waals surface area (Å²) < 4.78 is 8.09. The number of rotatable bonds is 5. The van der Waals surface area contributed by atoms with Crippen LogP contribution >= 0.6 is 34.5 Å². The van der Waals surface area contributed by atoms with Gasteiger partial charge in [-0.2, -0.15) is 5.10 Å². The monoisotopic (exact) mass is 780 g/mol. The summed E-state index contributed by atoms with van der Waals surface area (Å²) in [6, 6.07) is 19.6. The molecule has 2 aromatic heterocycles. The summed E-state index contributed by atoms with van der Waals surface area (Å²) in [5.74, 6) is -4.71. The quantitative estimate of drug-likeness (QED) is 0.141. The van der Waals surface area contributed by atoms with Gasteiger partial charge in [-0.3, -0.25) is 28.8 Å². The summed E-state index contributed by atoms with van der Waals surface area (Å²) in [4.78, 5) is 61.7. The number of hydrogen-bond donors (Lipinski definition) is 1. The Morgan fingerprint density at radius 3 is 2.44 bits per heavy atom. The molecule has 2 saturated heterocycles. The third-order valence-corrected chi connectivity index (χ3v) is 13.9. The molecule has 1 saturated carbocycles. The number of fused-ring (bicyclic) bond motifs is 5. The molecule has 54 heavy (non-hydrogen) atoms. The van der Waals surface area contributed by atoms with Crippen LogP contribution in [-0.2, 0) is 26.2 Å². The molecule has 2 aliphatic heterocycles. The molecule has 5 aromatic rings. The number of imide groups is 2. The van der Waals surface area contributed by atoms with Gasteiger partial charge in [0.15, 0.2) is 11.5 Å². The number of phenolic OH excluding ortho intramolecular Hbond substituents is 1.